The van der Waals surface area contributed by atoms with Gasteiger partial charge in [0.05, 0.1) is 0 Å². The molecule has 0 saturated carbocycles. The molecule has 8 heteroatoms. The lowest BCUT2D eigenvalue weighted by atomic mass is 10.3. The number of carbonyl (C=O) groups is 3. The third-order valence-electron chi connectivity index (χ3n) is 3.12. The van der Waals surface area contributed by atoms with Crippen molar-refractivity contribution in [3.05, 3.63) is 29.8 Å². The Bertz CT molecular complexity index is 572. The van der Waals surface area contributed by atoms with Crippen molar-refractivity contribution in [2.45, 2.75) is 0 Å². The second kappa shape index (κ2) is 6.29. The van der Waals surface area contributed by atoms with Crippen molar-refractivity contribution in [2.24, 2.45) is 0 Å². The fourth-order valence-corrected chi connectivity index (χ4v) is 1.93. The summed E-state index contributed by atoms with van der Waals surface area (Å²) in [5, 5.41) is 2.21. The van der Waals surface area contributed by atoms with Crippen LogP contribution in [-0.2, 0) is 14.4 Å². The Morgan fingerprint density at radius 2 is 1.76 bits per heavy atom. The molecule has 1 saturated heterocycles. The minimum absolute atomic E-state index is 0.00113. The van der Waals surface area contributed by atoms with Gasteiger partial charge in [-0.05, 0) is 12.1 Å². The standard InChI is InChI=1S/C13H13F2N3O3/c14-10-2-1-9(7-11(10)15)16-12(20)13(21)18-5-3-17(8-19)4-6-18/h1-2,7-8H,3-6H2,(H,16,20). The number of hydrogen-bond donors (Lipinski definition) is 1. The molecule has 112 valence electrons. The first-order valence-electron chi connectivity index (χ1n) is 6.26. The van der Waals surface area contributed by atoms with Gasteiger partial charge in [0.1, 0.15) is 0 Å². The van der Waals surface area contributed by atoms with Gasteiger partial charge >= 0.3 is 11.8 Å². The van der Waals surface area contributed by atoms with Crippen molar-refractivity contribution >= 4 is 23.9 Å². The highest BCUT2D eigenvalue weighted by Crippen LogP contribution is 2.13. The topological polar surface area (TPSA) is 69.7 Å². The van der Waals surface area contributed by atoms with Gasteiger partial charge in [-0.1, -0.05) is 0 Å². The number of benzene rings is 1. The monoisotopic (exact) mass is 297 g/mol. The molecule has 6 nitrogen and oxygen atoms in total. The molecule has 1 aliphatic rings. The lowest BCUT2D eigenvalue weighted by Gasteiger charge is -2.31. The number of hydrogen-bond acceptors (Lipinski definition) is 3. The smallest absolute Gasteiger partial charge is 0.313 e. The summed E-state index contributed by atoms with van der Waals surface area (Å²) >= 11 is 0. The van der Waals surface area contributed by atoms with Crippen LogP contribution in [0.3, 0.4) is 0 Å². The molecule has 0 aliphatic carbocycles. The van der Waals surface area contributed by atoms with Crippen LogP contribution in [0.5, 0.6) is 0 Å². The summed E-state index contributed by atoms with van der Waals surface area (Å²) in [5.74, 6) is -3.85. The second-order valence-electron chi connectivity index (χ2n) is 4.52. The number of halogens is 2. The maximum Gasteiger partial charge on any atom is 0.313 e. The van der Waals surface area contributed by atoms with Crippen molar-refractivity contribution in [2.75, 3.05) is 31.5 Å². The van der Waals surface area contributed by atoms with Crippen molar-refractivity contribution in [1.82, 2.24) is 9.80 Å². The van der Waals surface area contributed by atoms with E-state index in [0.717, 1.165) is 18.2 Å². The summed E-state index contributed by atoms with van der Waals surface area (Å²) in [6.07, 6.45) is 0.684. The largest absolute Gasteiger partial charge is 0.342 e. The highest BCUT2D eigenvalue weighted by Gasteiger charge is 2.25. The molecule has 0 bridgehead atoms. The molecule has 1 N–H and O–H groups in total. The second-order valence-corrected chi connectivity index (χ2v) is 4.52. The molecule has 0 radical (unpaired) electrons. The van der Waals surface area contributed by atoms with Crippen LogP contribution in [0.1, 0.15) is 0 Å². The van der Waals surface area contributed by atoms with Gasteiger partial charge in [0.25, 0.3) is 0 Å². The van der Waals surface area contributed by atoms with E-state index in [0.29, 0.717) is 19.5 Å². The molecule has 1 aromatic rings. The molecule has 1 fully saturated rings. The zero-order valence-corrected chi connectivity index (χ0v) is 11.0. The van der Waals surface area contributed by atoms with Crippen LogP contribution in [0.2, 0.25) is 0 Å². The van der Waals surface area contributed by atoms with E-state index in [-0.39, 0.29) is 18.8 Å². The van der Waals surface area contributed by atoms with Crippen LogP contribution in [0.25, 0.3) is 0 Å². The highest BCUT2D eigenvalue weighted by molar-refractivity contribution is 6.39. The zero-order chi connectivity index (χ0) is 15.4. The molecule has 1 heterocycles. The molecule has 2 rings (SSSR count). The summed E-state index contributed by atoms with van der Waals surface area (Å²) in [6, 6.07) is 2.82. The first-order valence-corrected chi connectivity index (χ1v) is 6.26. The first-order chi connectivity index (χ1) is 10.0. The van der Waals surface area contributed by atoms with Gasteiger partial charge in [-0.25, -0.2) is 8.78 Å². The average Bonchev–Trinajstić information content (AvgIpc) is 2.50. The molecule has 0 unspecified atom stereocenters. The minimum Gasteiger partial charge on any atom is -0.342 e. The third kappa shape index (κ3) is 3.53. The molecule has 0 atom stereocenters. The Morgan fingerprint density at radius 1 is 1.10 bits per heavy atom. The van der Waals surface area contributed by atoms with Gasteiger partial charge < -0.3 is 15.1 Å². The molecule has 1 aliphatic heterocycles. The van der Waals surface area contributed by atoms with Gasteiger partial charge in [-0.15, -0.1) is 0 Å². The van der Waals surface area contributed by atoms with E-state index in [4.69, 9.17) is 0 Å². The Balaban J connectivity index is 1.95. The Kier molecular flexibility index (Phi) is 4.46. The fourth-order valence-electron chi connectivity index (χ4n) is 1.93. The van der Waals surface area contributed by atoms with Crippen LogP contribution in [0, 0.1) is 11.6 Å². The van der Waals surface area contributed by atoms with E-state index >= 15 is 0 Å². The van der Waals surface area contributed by atoms with Gasteiger partial charge in [-0.2, -0.15) is 0 Å². The molecule has 21 heavy (non-hydrogen) atoms. The normalized spacial score (nSPS) is 14.8. The molecule has 0 aromatic heterocycles. The van der Waals surface area contributed by atoms with Crippen molar-refractivity contribution in [3.63, 3.8) is 0 Å². The van der Waals surface area contributed by atoms with Crippen molar-refractivity contribution in [1.29, 1.82) is 0 Å². The van der Waals surface area contributed by atoms with Crippen LogP contribution in [0.15, 0.2) is 18.2 Å². The maximum absolute atomic E-state index is 13.0. The lowest BCUT2D eigenvalue weighted by molar-refractivity contribution is -0.144. The number of nitrogens with zero attached hydrogens (tertiary/aromatic N) is 2. The summed E-state index contributed by atoms with van der Waals surface area (Å²) in [6.45, 7) is 1.22. The third-order valence-corrected chi connectivity index (χ3v) is 3.12. The first kappa shape index (κ1) is 14.9. The van der Waals surface area contributed by atoms with E-state index in [2.05, 4.69) is 5.32 Å². The Labute approximate surface area is 119 Å². The van der Waals surface area contributed by atoms with Crippen molar-refractivity contribution < 1.29 is 23.2 Å². The van der Waals surface area contributed by atoms with E-state index in [1.54, 1.807) is 0 Å². The van der Waals surface area contributed by atoms with Gasteiger partial charge in [-0.3, -0.25) is 14.4 Å². The number of nitrogens with one attached hydrogen (secondary N) is 1. The SMILES string of the molecule is O=CN1CCN(C(=O)C(=O)Nc2ccc(F)c(F)c2)CC1. The number of amides is 3. The van der Waals surface area contributed by atoms with E-state index in [1.165, 1.54) is 9.80 Å². The number of carbonyl (C=O) groups excluding carboxylic acids is 3. The van der Waals surface area contributed by atoms with E-state index in [9.17, 15) is 23.2 Å². The molecular weight excluding hydrogens is 284 g/mol. The maximum atomic E-state index is 13.0. The summed E-state index contributed by atoms with van der Waals surface area (Å²) < 4.78 is 25.8. The highest BCUT2D eigenvalue weighted by atomic mass is 19.2. The minimum atomic E-state index is -1.11. The fraction of sp³-hybridized carbons (Fsp3) is 0.308. The quantitative estimate of drug-likeness (QED) is 0.626. The predicted octanol–water partition coefficient (Wildman–Crippen LogP) is 0.204. The van der Waals surface area contributed by atoms with E-state index in [1.807, 2.05) is 0 Å². The lowest BCUT2D eigenvalue weighted by Crippen LogP contribution is -2.51. The Hall–Kier alpha value is -2.51. The average molecular weight is 297 g/mol. The van der Waals surface area contributed by atoms with Crippen LogP contribution in [-0.4, -0.2) is 54.2 Å². The van der Waals surface area contributed by atoms with E-state index < -0.39 is 23.4 Å². The molecule has 1 aromatic carbocycles. The predicted molar refractivity (Wildman–Crippen MR) is 69.2 cm³/mol. The van der Waals surface area contributed by atoms with Crippen LogP contribution >= 0.6 is 0 Å². The summed E-state index contributed by atoms with van der Waals surface area (Å²) in [4.78, 5) is 37.0. The van der Waals surface area contributed by atoms with Crippen LogP contribution in [0.4, 0.5) is 14.5 Å². The Morgan fingerprint density at radius 3 is 2.33 bits per heavy atom. The van der Waals surface area contributed by atoms with Crippen molar-refractivity contribution in [3.8, 4) is 0 Å². The number of anilines is 1. The van der Waals surface area contributed by atoms with Crippen LogP contribution < -0.4 is 5.32 Å². The molecule has 0 spiro atoms. The van der Waals surface area contributed by atoms with Gasteiger partial charge in [0, 0.05) is 37.9 Å². The summed E-state index contributed by atoms with van der Waals surface area (Å²) in [5.41, 5.74) is -0.00113. The molecule has 3 amide bonds. The number of rotatable bonds is 2. The number of piperazine rings is 1. The molecular formula is C13H13F2N3O3. The van der Waals surface area contributed by atoms with Gasteiger partial charge in [0.2, 0.25) is 6.41 Å². The zero-order valence-electron chi connectivity index (χ0n) is 11.0. The summed E-state index contributed by atoms with van der Waals surface area (Å²) in [7, 11) is 0. The van der Waals surface area contributed by atoms with Gasteiger partial charge in [0.15, 0.2) is 11.6 Å².